The summed E-state index contributed by atoms with van der Waals surface area (Å²) in [6.07, 6.45) is 6.14. The zero-order valence-electron chi connectivity index (χ0n) is 14.3. The van der Waals surface area contributed by atoms with E-state index in [2.05, 4.69) is 9.88 Å². The van der Waals surface area contributed by atoms with Crippen LogP contribution in [0, 0.1) is 11.7 Å². The van der Waals surface area contributed by atoms with E-state index in [0.717, 1.165) is 44.5 Å². The molecular weight excluding hydrogens is 317 g/mol. The summed E-state index contributed by atoms with van der Waals surface area (Å²) in [7, 11) is 0. The summed E-state index contributed by atoms with van der Waals surface area (Å²) >= 11 is 0. The first-order valence-electron chi connectivity index (χ1n) is 8.81. The number of pyridine rings is 1. The number of aromatic nitrogens is 1. The Morgan fingerprint density at radius 1 is 1.24 bits per heavy atom. The van der Waals surface area contributed by atoms with E-state index in [1.54, 1.807) is 18.3 Å². The van der Waals surface area contributed by atoms with Gasteiger partial charge in [0.25, 0.3) is 0 Å². The standard InChI is InChI=1S/C20H24FN3O/c21-18-5-3-15(4-6-18)20(25)16-7-11-24(12-8-16)13-9-19(22)17-2-1-10-23-14-17/h1-6,10,14,16,19H,7-9,11-13,22H2/t19-/m1/s1. The van der Waals surface area contributed by atoms with Crippen molar-refractivity contribution in [3.05, 3.63) is 65.7 Å². The van der Waals surface area contributed by atoms with Gasteiger partial charge in [-0.25, -0.2) is 4.39 Å². The molecule has 3 rings (SSSR count). The summed E-state index contributed by atoms with van der Waals surface area (Å²) in [5, 5.41) is 0. The number of hydrogen-bond acceptors (Lipinski definition) is 4. The molecule has 0 spiro atoms. The molecule has 4 nitrogen and oxygen atoms in total. The largest absolute Gasteiger partial charge is 0.324 e. The number of benzene rings is 1. The molecule has 132 valence electrons. The monoisotopic (exact) mass is 341 g/mol. The maximum absolute atomic E-state index is 13.0. The number of Topliss-reactive ketones (excluding diaryl/α,β-unsaturated/α-hetero) is 1. The molecular formula is C20H24FN3O. The number of ketones is 1. The average molecular weight is 341 g/mol. The van der Waals surface area contributed by atoms with Crippen molar-refractivity contribution < 1.29 is 9.18 Å². The SMILES string of the molecule is N[C@H](CCN1CCC(C(=O)c2ccc(F)cc2)CC1)c1cccnc1. The van der Waals surface area contributed by atoms with Gasteiger partial charge in [-0.2, -0.15) is 0 Å². The van der Waals surface area contributed by atoms with E-state index in [9.17, 15) is 9.18 Å². The summed E-state index contributed by atoms with van der Waals surface area (Å²) in [5.41, 5.74) is 7.89. The third-order valence-corrected chi connectivity index (χ3v) is 4.96. The quantitative estimate of drug-likeness (QED) is 0.820. The molecule has 1 atom stereocenters. The lowest BCUT2D eigenvalue weighted by molar-refractivity contribution is 0.0838. The predicted molar refractivity (Wildman–Crippen MR) is 95.7 cm³/mol. The van der Waals surface area contributed by atoms with Gasteiger partial charge in [-0.05, 0) is 74.8 Å². The van der Waals surface area contributed by atoms with Crippen LogP contribution in [0.2, 0.25) is 0 Å². The van der Waals surface area contributed by atoms with Crippen LogP contribution in [0.5, 0.6) is 0 Å². The van der Waals surface area contributed by atoms with Crippen molar-refractivity contribution in [2.45, 2.75) is 25.3 Å². The van der Waals surface area contributed by atoms with E-state index in [-0.39, 0.29) is 23.6 Å². The molecule has 2 heterocycles. The van der Waals surface area contributed by atoms with Crippen molar-refractivity contribution >= 4 is 5.78 Å². The van der Waals surface area contributed by atoms with Gasteiger partial charge in [0.15, 0.2) is 5.78 Å². The number of nitrogens with zero attached hydrogens (tertiary/aromatic N) is 2. The molecule has 0 amide bonds. The van der Waals surface area contributed by atoms with Crippen molar-refractivity contribution in [3.8, 4) is 0 Å². The van der Waals surface area contributed by atoms with Crippen LogP contribution < -0.4 is 5.73 Å². The average Bonchev–Trinajstić information content (AvgIpc) is 2.67. The van der Waals surface area contributed by atoms with Crippen LogP contribution in [-0.4, -0.2) is 35.3 Å². The maximum atomic E-state index is 13.0. The van der Waals surface area contributed by atoms with Crippen LogP contribution in [0.15, 0.2) is 48.8 Å². The molecule has 5 heteroatoms. The van der Waals surface area contributed by atoms with Gasteiger partial charge in [0.2, 0.25) is 0 Å². The first kappa shape index (κ1) is 17.7. The van der Waals surface area contributed by atoms with Gasteiger partial charge in [0.1, 0.15) is 5.82 Å². The number of likely N-dealkylation sites (tertiary alicyclic amines) is 1. The van der Waals surface area contributed by atoms with Crippen molar-refractivity contribution in [2.75, 3.05) is 19.6 Å². The lowest BCUT2D eigenvalue weighted by atomic mass is 9.88. The second-order valence-electron chi connectivity index (χ2n) is 6.67. The molecule has 1 aromatic carbocycles. The van der Waals surface area contributed by atoms with Crippen molar-refractivity contribution in [1.29, 1.82) is 0 Å². The highest BCUT2D eigenvalue weighted by atomic mass is 19.1. The summed E-state index contributed by atoms with van der Waals surface area (Å²) < 4.78 is 13.0. The molecule has 2 N–H and O–H groups in total. The number of carbonyl (C=O) groups is 1. The topological polar surface area (TPSA) is 59.2 Å². The summed E-state index contributed by atoms with van der Waals surface area (Å²) in [5.74, 6) is -0.142. The van der Waals surface area contributed by atoms with Gasteiger partial charge >= 0.3 is 0 Å². The van der Waals surface area contributed by atoms with Gasteiger partial charge in [-0.15, -0.1) is 0 Å². The number of piperidine rings is 1. The van der Waals surface area contributed by atoms with Crippen LogP contribution in [-0.2, 0) is 0 Å². The Morgan fingerprint density at radius 2 is 1.96 bits per heavy atom. The van der Waals surface area contributed by atoms with E-state index in [1.807, 2.05) is 18.3 Å². The van der Waals surface area contributed by atoms with Gasteiger partial charge in [0, 0.05) is 29.9 Å². The van der Waals surface area contributed by atoms with E-state index in [0.29, 0.717) is 5.56 Å². The molecule has 0 saturated carbocycles. The Kier molecular flexibility index (Phi) is 5.89. The zero-order chi connectivity index (χ0) is 17.6. The van der Waals surface area contributed by atoms with Crippen molar-refractivity contribution in [1.82, 2.24) is 9.88 Å². The van der Waals surface area contributed by atoms with Crippen LogP contribution >= 0.6 is 0 Å². The van der Waals surface area contributed by atoms with Crippen LogP contribution in [0.3, 0.4) is 0 Å². The third kappa shape index (κ3) is 4.71. The first-order chi connectivity index (χ1) is 12.1. The number of carbonyl (C=O) groups excluding carboxylic acids is 1. The minimum Gasteiger partial charge on any atom is -0.324 e. The number of halogens is 1. The fraction of sp³-hybridized carbons (Fsp3) is 0.400. The molecule has 2 aromatic rings. The second kappa shape index (κ2) is 8.32. The minimum absolute atomic E-state index is 0.00716. The number of nitrogens with two attached hydrogens (primary N) is 1. The van der Waals surface area contributed by atoms with E-state index < -0.39 is 0 Å². The third-order valence-electron chi connectivity index (χ3n) is 4.96. The van der Waals surface area contributed by atoms with Crippen LogP contribution in [0.1, 0.15) is 41.2 Å². The minimum atomic E-state index is -0.309. The van der Waals surface area contributed by atoms with E-state index >= 15 is 0 Å². The lowest BCUT2D eigenvalue weighted by Crippen LogP contribution is -2.37. The fourth-order valence-electron chi connectivity index (χ4n) is 3.35. The van der Waals surface area contributed by atoms with E-state index in [1.165, 1.54) is 12.1 Å². The fourth-order valence-corrected chi connectivity index (χ4v) is 3.35. The highest BCUT2D eigenvalue weighted by Crippen LogP contribution is 2.23. The van der Waals surface area contributed by atoms with E-state index in [4.69, 9.17) is 5.73 Å². The Hall–Kier alpha value is -2.11. The van der Waals surface area contributed by atoms with Gasteiger partial charge in [0.05, 0.1) is 0 Å². The molecule has 0 unspecified atom stereocenters. The molecule has 1 aromatic heterocycles. The highest BCUT2D eigenvalue weighted by Gasteiger charge is 2.25. The molecule has 1 aliphatic heterocycles. The molecule has 1 fully saturated rings. The summed E-state index contributed by atoms with van der Waals surface area (Å²) in [4.78, 5) is 19.0. The number of hydrogen-bond donors (Lipinski definition) is 1. The Bertz CT molecular complexity index is 682. The predicted octanol–water partition coefficient (Wildman–Crippen LogP) is 3.21. The van der Waals surface area contributed by atoms with Gasteiger partial charge in [-0.1, -0.05) is 6.07 Å². The second-order valence-corrected chi connectivity index (χ2v) is 6.67. The molecule has 0 aliphatic carbocycles. The first-order valence-corrected chi connectivity index (χ1v) is 8.81. The normalized spacial score (nSPS) is 17.4. The van der Waals surface area contributed by atoms with Crippen LogP contribution in [0.25, 0.3) is 0 Å². The summed E-state index contributed by atoms with van der Waals surface area (Å²) in [6.45, 7) is 2.72. The van der Waals surface area contributed by atoms with Gasteiger partial charge in [-0.3, -0.25) is 9.78 Å². The molecule has 0 radical (unpaired) electrons. The zero-order valence-corrected chi connectivity index (χ0v) is 14.3. The Labute approximate surface area is 147 Å². The van der Waals surface area contributed by atoms with Crippen molar-refractivity contribution in [3.63, 3.8) is 0 Å². The smallest absolute Gasteiger partial charge is 0.166 e. The lowest BCUT2D eigenvalue weighted by Gasteiger charge is -2.31. The Morgan fingerprint density at radius 3 is 2.60 bits per heavy atom. The number of rotatable bonds is 6. The molecule has 25 heavy (non-hydrogen) atoms. The highest BCUT2D eigenvalue weighted by molar-refractivity contribution is 5.97. The molecule has 0 bridgehead atoms. The molecule has 1 saturated heterocycles. The van der Waals surface area contributed by atoms with Crippen LogP contribution in [0.4, 0.5) is 4.39 Å². The van der Waals surface area contributed by atoms with Gasteiger partial charge < -0.3 is 10.6 Å². The Balaban J connectivity index is 1.45. The molecule has 1 aliphatic rings. The maximum Gasteiger partial charge on any atom is 0.166 e. The summed E-state index contributed by atoms with van der Waals surface area (Å²) in [6, 6.07) is 9.76. The van der Waals surface area contributed by atoms with Crippen molar-refractivity contribution in [2.24, 2.45) is 11.7 Å².